The highest BCUT2D eigenvalue weighted by Crippen LogP contribution is 2.25. The van der Waals surface area contributed by atoms with Gasteiger partial charge in [0.1, 0.15) is 0 Å². The van der Waals surface area contributed by atoms with Gasteiger partial charge in [0.15, 0.2) is 0 Å². The standard InChI is InChI=1S/C21H22N6S/c1-13-8-14(2)18(15(3)9-13)12-28-21-24-20(26-27-21)25-23-11-16-10-22-19-7-5-4-6-17(16)19/h4-11,22H,12H2,1-3H3,(H2,24,25,26,27)/b23-11-. The molecule has 0 aliphatic heterocycles. The second kappa shape index (κ2) is 7.90. The van der Waals surface area contributed by atoms with E-state index < -0.39 is 0 Å². The van der Waals surface area contributed by atoms with Crippen molar-refractivity contribution < 1.29 is 0 Å². The molecule has 0 aliphatic rings. The van der Waals surface area contributed by atoms with E-state index >= 15 is 0 Å². The summed E-state index contributed by atoms with van der Waals surface area (Å²) in [5, 5.41) is 13.2. The average molecular weight is 391 g/mol. The van der Waals surface area contributed by atoms with E-state index in [0.717, 1.165) is 22.2 Å². The van der Waals surface area contributed by atoms with Crippen LogP contribution in [-0.4, -0.2) is 26.4 Å². The maximum absolute atomic E-state index is 4.45. The molecular formula is C21H22N6S. The first-order valence-corrected chi connectivity index (χ1v) is 10.1. The van der Waals surface area contributed by atoms with Crippen molar-refractivity contribution in [1.82, 2.24) is 20.2 Å². The molecule has 4 aromatic rings. The molecule has 0 amide bonds. The van der Waals surface area contributed by atoms with Gasteiger partial charge in [0, 0.05) is 28.4 Å². The highest BCUT2D eigenvalue weighted by molar-refractivity contribution is 7.98. The van der Waals surface area contributed by atoms with Gasteiger partial charge < -0.3 is 4.98 Å². The summed E-state index contributed by atoms with van der Waals surface area (Å²) in [5.41, 5.74) is 10.3. The van der Waals surface area contributed by atoms with Crippen molar-refractivity contribution in [3.8, 4) is 0 Å². The number of hydrogen-bond acceptors (Lipinski definition) is 5. The van der Waals surface area contributed by atoms with Crippen LogP contribution in [0.2, 0.25) is 0 Å². The zero-order chi connectivity index (χ0) is 19.5. The molecule has 2 heterocycles. The Morgan fingerprint density at radius 1 is 1.14 bits per heavy atom. The molecular weight excluding hydrogens is 368 g/mol. The minimum Gasteiger partial charge on any atom is -0.361 e. The highest BCUT2D eigenvalue weighted by atomic mass is 32.2. The lowest BCUT2D eigenvalue weighted by molar-refractivity contribution is 0.972. The number of nitrogens with zero attached hydrogens (tertiary/aromatic N) is 3. The third kappa shape index (κ3) is 3.94. The predicted molar refractivity (Wildman–Crippen MR) is 116 cm³/mol. The molecule has 4 rings (SSSR count). The normalized spacial score (nSPS) is 11.5. The fraction of sp³-hybridized carbons (Fsp3) is 0.190. The van der Waals surface area contributed by atoms with E-state index in [4.69, 9.17) is 0 Å². The van der Waals surface area contributed by atoms with Crippen LogP contribution in [0.25, 0.3) is 10.9 Å². The molecule has 28 heavy (non-hydrogen) atoms. The fourth-order valence-corrected chi connectivity index (χ4v) is 4.29. The molecule has 2 aromatic carbocycles. The van der Waals surface area contributed by atoms with Crippen molar-refractivity contribution in [1.29, 1.82) is 0 Å². The van der Waals surface area contributed by atoms with E-state index in [-0.39, 0.29) is 0 Å². The number of para-hydroxylation sites is 1. The molecule has 0 spiro atoms. The molecule has 0 unspecified atom stereocenters. The minimum absolute atomic E-state index is 0.524. The van der Waals surface area contributed by atoms with Gasteiger partial charge in [-0.2, -0.15) is 10.1 Å². The van der Waals surface area contributed by atoms with Gasteiger partial charge in [-0.1, -0.05) is 47.7 Å². The summed E-state index contributed by atoms with van der Waals surface area (Å²) in [7, 11) is 0. The van der Waals surface area contributed by atoms with Gasteiger partial charge in [-0.25, -0.2) is 10.5 Å². The molecule has 3 N–H and O–H groups in total. The van der Waals surface area contributed by atoms with E-state index in [1.807, 2.05) is 24.4 Å². The molecule has 2 aromatic heterocycles. The fourth-order valence-electron chi connectivity index (χ4n) is 3.30. The molecule has 7 heteroatoms. The van der Waals surface area contributed by atoms with E-state index in [1.54, 1.807) is 18.0 Å². The van der Waals surface area contributed by atoms with Gasteiger partial charge in [-0.15, -0.1) is 5.10 Å². The summed E-state index contributed by atoms with van der Waals surface area (Å²) in [6.07, 6.45) is 3.71. The number of nitrogens with one attached hydrogen (secondary N) is 3. The van der Waals surface area contributed by atoms with Crippen LogP contribution < -0.4 is 5.43 Å². The Morgan fingerprint density at radius 3 is 2.75 bits per heavy atom. The summed E-state index contributed by atoms with van der Waals surface area (Å²) in [6.45, 7) is 6.43. The largest absolute Gasteiger partial charge is 0.361 e. The van der Waals surface area contributed by atoms with Gasteiger partial charge in [-0.3, -0.25) is 0 Å². The second-order valence-corrected chi connectivity index (χ2v) is 7.73. The lowest BCUT2D eigenvalue weighted by atomic mass is 10.0. The summed E-state index contributed by atoms with van der Waals surface area (Å²) in [5.74, 6) is 1.37. The molecule has 0 saturated carbocycles. The Labute approximate surface area is 167 Å². The minimum atomic E-state index is 0.524. The number of aromatic nitrogens is 4. The first-order valence-electron chi connectivity index (χ1n) is 9.07. The molecule has 0 saturated heterocycles. The zero-order valence-electron chi connectivity index (χ0n) is 16.1. The van der Waals surface area contributed by atoms with Crippen LogP contribution in [0.4, 0.5) is 5.95 Å². The van der Waals surface area contributed by atoms with Crippen molar-refractivity contribution in [3.05, 3.63) is 70.4 Å². The van der Waals surface area contributed by atoms with E-state index in [1.165, 1.54) is 22.3 Å². The summed E-state index contributed by atoms with van der Waals surface area (Å²) >= 11 is 1.61. The van der Waals surface area contributed by atoms with Crippen molar-refractivity contribution in [2.75, 3.05) is 5.43 Å². The van der Waals surface area contributed by atoms with Gasteiger partial charge in [0.2, 0.25) is 11.1 Å². The number of hydrogen-bond donors (Lipinski definition) is 3. The number of aromatic amines is 2. The first-order chi connectivity index (χ1) is 13.6. The Hall–Kier alpha value is -3.06. The maximum atomic E-state index is 4.45. The van der Waals surface area contributed by atoms with Crippen LogP contribution in [0.1, 0.15) is 27.8 Å². The van der Waals surface area contributed by atoms with Gasteiger partial charge in [0.25, 0.3) is 0 Å². The number of H-pyrrole nitrogens is 2. The zero-order valence-corrected chi connectivity index (χ0v) is 16.9. The SMILES string of the molecule is Cc1cc(C)c(CSc2n[nH]c(N/N=C\c3c[nH]c4ccccc34)n2)c(C)c1. The van der Waals surface area contributed by atoms with Crippen LogP contribution in [0.5, 0.6) is 0 Å². The van der Waals surface area contributed by atoms with Gasteiger partial charge in [-0.05, 0) is 43.5 Å². The number of aryl methyl sites for hydroxylation is 3. The van der Waals surface area contributed by atoms with Gasteiger partial charge >= 0.3 is 0 Å². The third-order valence-corrected chi connectivity index (χ3v) is 5.52. The molecule has 6 nitrogen and oxygen atoms in total. The van der Waals surface area contributed by atoms with Crippen LogP contribution in [0.15, 0.2) is 52.9 Å². The van der Waals surface area contributed by atoms with E-state index in [9.17, 15) is 0 Å². The topological polar surface area (TPSA) is 81.8 Å². The quantitative estimate of drug-likeness (QED) is 0.247. The third-order valence-electron chi connectivity index (χ3n) is 4.65. The van der Waals surface area contributed by atoms with Crippen molar-refractivity contribution in [2.24, 2.45) is 5.10 Å². The Balaban J connectivity index is 1.38. The molecule has 0 aliphatic carbocycles. The second-order valence-electron chi connectivity index (χ2n) is 6.79. The first kappa shape index (κ1) is 18.3. The Kier molecular flexibility index (Phi) is 5.16. The number of hydrazone groups is 1. The lowest BCUT2D eigenvalue weighted by Crippen LogP contribution is -1.93. The number of thioether (sulfide) groups is 1. The molecule has 0 bridgehead atoms. The number of fused-ring (bicyclic) bond motifs is 1. The van der Waals surface area contributed by atoms with E-state index in [2.05, 4.69) is 69.7 Å². The molecule has 0 fully saturated rings. The summed E-state index contributed by atoms with van der Waals surface area (Å²) < 4.78 is 0. The molecule has 0 radical (unpaired) electrons. The summed E-state index contributed by atoms with van der Waals surface area (Å²) in [4.78, 5) is 7.67. The average Bonchev–Trinajstić information content (AvgIpc) is 3.28. The lowest BCUT2D eigenvalue weighted by Gasteiger charge is -2.09. The Bertz CT molecular complexity index is 1120. The van der Waals surface area contributed by atoms with Crippen molar-refractivity contribution in [2.45, 2.75) is 31.7 Å². The Morgan fingerprint density at radius 2 is 1.93 bits per heavy atom. The van der Waals surface area contributed by atoms with Gasteiger partial charge in [0.05, 0.1) is 6.21 Å². The molecule has 142 valence electrons. The number of benzene rings is 2. The van der Waals surface area contributed by atoms with Crippen LogP contribution in [0.3, 0.4) is 0 Å². The van der Waals surface area contributed by atoms with Crippen LogP contribution in [0, 0.1) is 20.8 Å². The summed E-state index contributed by atoms with van der Waals surface area (Å²) in [6, 6.07) is 12.5. The smallest absolute Gasteiger partial charge is 0.240 e. The highest BCUT2D eigenvalue weighted by Gasteiger charge is 2.08. The van der Waals surface area contributed by atoms with Crippen molar-refractivity contribution in [3.63, 3.8) is 0 Å². The predicted octanol–water partition coefficient (Wildman–Crippen LogP) is 4.95. The van der Waals surface area contributed by atoms with E-state index in [0.29, 0.717) is 11.1 Å². The molecule has 0 atom stereocenters. The number of anilines is 1. The van der Waals surface area contributed by atoms with Crippen LogP contribution in [-0.2, 0) is 5.75 Å². The van der Waals surface area contributed by atoms with Crippen LogP contribution >= 0.6 is 11.8 Å². The monoisotopic (exact) mass is 390 g/mol. The number of rotatable bonds is 6. The van der Waals surface area contributed by atoms with Crippen molar-refractivity contribution >= 4 is 34.8 Å². The maximum Gasteiger partial charge on any atom is 0.240 e.